The van der Waals surface area contributed by atoms with Crippen LogP contribution in [0.25, 0.3) is 11.3 Å². The van der Waals surface area contributed by atoms with Gasteiger partial charge in [0.1, 0.15) is 0 Å². The molecule has 0 aliphatic rings. The fourth-order valence-electron chi connectivity index (χ4n) is 1.18. The van der Waals surface area contributed by atoms with Crippen LogP contribution in [-0.2, 0) is 0 Å². The van der Waals surface area contributed by atoms with E-state index in [0.717, 1.165) is 5.56 Å². The highest BCUT2D eigenvalue weighted by atomic mass is 16.5. The maximum absolute atomic E-state index is 11.0. The molecule has 0 saturated carbocycles. The van der Waals surface area contributed by atoms with Gasteiger partial charge in [0.25, 0.3) is 5.56 Å². The molecule has 0 fully saturated rings. The summed E-state index contributed by atoms with van der Waals surface area (Å²) >= 11 is 0. The van der Waals surface area contributed by atoms with Gasteiger partial charge in [-0.1, -0.05) is 0 Å². The number of nitrogens with one attached hydrogen (secondary N) is 1. The van der Waals surface area contributed by atoms with Crippen molar-refractivity contribution < 1.29 is 4.74 Å². The van der Waals surface area contributed by atoms with Crippen LogP contribution in [0.5, 0.6) is 5.88 Å². The molecule has 0 amide bonds. The van der Waals surface area contributed by atoms with Crippen molar-refractivity contribution in [3.63, 3.8) is 0 Å². The van der Waals surface area contributed by atoms with Crippen LogP contribution in [0.1, 0.15) is 0 Å². The van der Waals surface area contributed by atoms with E-state index in [1.807, 2.05) is 0 Å². The highest BCUT2D eigenvalue weighted by molar-refractivity contribution is 5.57. The third kappa shape index (κ3) is 2.01. The lowest BCUT2D eigenvalue weighted by Gasteiger charge is -2.00. The molecule has 76 valence electrons. The molecule has 0 aliphatic carbocycles. The Morgan fingerprint density at radius 2 is 2.20 bits per heavy atom. The molecule has 0 atom stereocenters. The quantitative estimate of drug-likeness (QED) is 0.785. The Morgan fingerprint density at radius 1 is 1.33 bits per heavy atom. The number of pyridine rings is 1. The van der Waals surface area contributed by atoms with E-state index in [1.54, 1.807) is 25.4 Å². The third-order valence-electron chi connectivity index (χ3n) is 1.92. The first-order valence-electron chi connectivity index (χ1n) is 4.35. The van der Waals surface area contributed by atoms with Gasteiger partial charge in [-0.25, -0.2) is 9.97 Å². The predicted molar refractivity (Wildman–Crippen MR) is 54.6 cm³/mol. The summed E-state index contributed by atoms with van der Waals surface area (Å²) in [6.45, 7) is 0. The summed E-state index contributed by atoms with van der Waals surface area (Å²) < 4.78 is 4.93. The van der Waals surface area contributed by atoms with Crippen LogP contribution in [0.15, 0.2) is 35.5 Å². The zero-order valence-corrected chi connectivity index (χ0v) is 8.10. The van der Waals surface area contributed by atoms with Crippen molar-refractivity contribution in [3.8, 4) is 17.1 Å². The second-order valence-electron chi connectivity index (χ2n) is 2.89. The summed E-state index contributed by atoms with van der Waals surface area (Å²) in [7, 11) is 1.55. The summed E-state index contributed by atoms with van der Waals surface area (Å²) in [4.78, 5) is 21.6. The van der Waals surface area contributed by atoms with Gasteiger partial charge >= 0.3 is 0 Å². The minimum Gasteiger partial charge on any atom is -0.481 e. The van der Waals surface area contributed by atoms with Gasteiger partial charge < -0.3 is 9.72 Å². The lowest BCUT2D eigenvalue weighted by atomic mass is 10.2. The Balaban J connectivity index is 2.41. The molecule has 5 heteroatoms. The standard InChI is InChI=1S/C10H9N3O2/c1-15-10-3-2-7(5-11-10)8-4-9(14)13-6-12-8/h2-6H,1H3,(H,12,13,14). The van der Waals surface area contributed by atoms with Gasteiger partial charge in [-0.2, -0.15) is 0 Å². The summed E-state index contributed by atoms with van der Waals surface area (Å²) in [6, 6.07) is 4.94. The van der Waals surface area contributed by atoms with E-state index >= 15 is 0 Å². The lowest BCUT2D eigenvalue weighted by molar-refractivity contribution is 0.398. The number of hydrogen-bond acceptors (Lipinski definition) is 4. The highest BCUT2D eigenvalue weighted by Crippen LogP contribution is 2.15. The molecule has 2 rings (SSSR count). The molecule has 0 saturated heterocycles. The van der Waals surface area contributed by atoms with E-state index < -0.39 is 0 Å². The minimum absolute atomic E-state index is 0.184. The molecule has 0 radical (unpaired) electrons. The first-order valence-corrected chi connectivity index (χ1v) is 4.35. The third-order valence-corrected chi connectivity index (χ3v) is 1.92. The number of aromatic nitrogens is 3. The molecule has 0 spiro atoms. The molecule has 2 aromatic rings. The first kappa shape index (κ1) is 9.39. The zero-order chi connectivity index (χ0) is 10.7. The second-order valence-corrected chi connectivity index (χ2v) is 2.89. The topological polar surface area (TPSA) is 67.9 Å². The Labute approximate surface area is 85.8 Å². The van der Waals surface area contributed by atoms with Gasteiger partial charge in [0, 0.05) is 23.9 Å². The van der Waals surface area contributed by atoms with E-state index in [4.69, 9.17) is 4.74 Å². The smallest absolute Gasteiger partial charge is 0.251 e. The number of aromatic amines is 1. The van der Waals surface area contributed by atoms with Crippen molar-refractivity contribution in [1.82, 2.24) is 15.0 Å². The van der Waals surface area contributed by atoms with E-state index in [0.29, 0.717) is 11.6 Å². The monoisotopic (exact) mass is 203 g/mol. The molecule has 5 nitrogen and oxygen atoms in total. The van der Waals surface area contributed by atoms with Crippen LogP contribution >= 0.6 is 0 Å². The van der Waals surface area contributed by atoms with Crippen LogP contribution in [-0.4, -0.2) is 22.1 Å². The van der Waals surface area contributed by atoms with E-state index in [-0.39, 0.29) is 5.56 Å². The maximum atomic E-state index is 11.0. The highest BCUT2D eigenvalue weighted by Gasteiger charge is 2.00. The molecule has 0 unspecified atom stereocenters. The number of rotatable bonds is 2. The van der Waals surface area contributed by atoms with Crippen molar-refractivity contribution in [2.75, 3.05) is 7.11 Å². The van der Waals surface area contributed by atoms with Crippen LogP contribution < -0.4 is 10.3 Å². The van der Waals surface area contributed by atoms with Crippen molar-refractivity contribution in [2.45, 2.75) is 0 Å². The molecule has 0 bridgehead atoms. The van der Waals surface area contributed by atoms with Gasteiger partial charge in [0.15, 0.2) is 0 Å². The fourth-order valence-corrected chi connectivity index (χ4v) is 1.18. The SMILES string of the molecule is COc1ccc(-c2cc(=O)[nH]cn2)cn1. The average molecular weight is 203 g/mol. The Kier molecular flexibility index (Phi) is 2.45. The largest absolute Gasteiger partial charge is 0.481 e. The van der Waals surface area contributed by atoms with Gasteiger partial charge in [-0.05, 0) is 6.07 Å². The number of H-pyrrole nitrogens is 1. The fraction of sp³-hybridized carbons (Fsp3) is 0.100. The van der Waals surface area contributed by atoms with Crippen molar-refractivity contribution in [1.29, 1.82) is 0 Å². The molecule has 2 heterocycles. The predicted octanol–water partition coefficient (Wildman–Crippen LogP) is 0.840. The number of hydrogen-bond donors (Lipinski definition) is 1. The summed E-state index contributed by atoms with van der Waals surface area (Å²) in [5.41, 5.74) is 1.19. The number of methoxy groups -OCH3 is 1. The van der Waals surface area contributed by atoms with Crippen LogP contribution in [0.3, 0.4) is 0 Å². The van der Waals surface area contributed by atoms with Crippen molar-refractivity contribution in [3.05, 3.63) is 41.1 Å². The zero-order valence-electron chi connectivity index (χ0n) is 8.10. The summed E-state index contributed by atoms with van der Waals surface area (Å²) in [5.74, 6) is 0.531. The van der Waals surface area contributed by atoms with E-state index in [1.165, 1.54) is 12.4 Å². The Bertz CT molecular complexity index is 505. The molecular formula is C10H9N3O2. The van der Waals surface area contributed by atoms with Gasteiger partial charge in [0.2, 0.25) is 5.88 Å². The Morgan fingerprint density at radius 3 is 2.80 bits per heavy atom. The molecule has 2 aromatic heterocycles. The van der Waals surface area contributed by atoms with Crippen molar-refractivity contribution in [2.24, 2.45) is 0 Å². The van der Waals surface area contributed by atoms with Crippen LogP contribution in [0, 0.1) is 0 Å². The molecule has 0 aromatic carbocycles. The molecule has 1 N–H and O–H groups in total. The summed E-state index contributed by atoms with van der Waals surface area (Å²) in [5, 5.41) is 0. The van der Waals surface area contributed by atoms with Crippen molar-refractivity contribution >= 4 is 0 Å². The minimum atomic E-state index is -0.184. The van der Waals surface area contributed by atoms with E-state index in [2.05, 4.69) is 15.0 Å². The first-order chi connectivity index (χ1) is 7.29. The van der Waals surface area contributed by atoms with Crippen LogP contribution in [0.2, 0.25) is 0 Å². The van der Waals surface area contributed by atoms with Gasteiger partial charge in [-0.3, -0.25) is 4.79 Å². The number of ether oxygens (including phenoxy) is 1. The van der Waals surface area contributed by atoms with Gasteiger partial charge in [-0.15, -0.1) is 0 Å². The van der Waals surface area contributed by atoms with Crippen LogP contribution in [0.4, 0.5) is 0 Å². The Hall–Kier alpha value is -2.17. The van der Waals surface area contributed by atoms with Gasteiger partial charge in [0.05, 0.1) is 19.1 Å². The molecular weight excluding hydrogens is 194 g/mol. The number of nitrogens with zero attached hydrogens (tertiary/aromatic N) is 2. The molecule has 0 aliphatic heterocycles. The summed E-state index contributed by atoms with van der Waals surface area (Å²) in [6.07, 6.45) is 2.97. The lowest BCUT2D eigenvalue weighted by Crippen LogP contribution is -2.04. The molecule has 15 heavy (non-hydrogen) atoms. The maximum Gasteiger partial charge on any atom is 0.251 e. The second kappa shape index (κ2) is 3.91. The average Bonchev–Trinajstić information content (AvgIpc) is 2.29. The normalized spacial score (nSPS) is 9.93. The van der Waals surface area contributed by atoms with E-state index in [9.17, 15) is 4.79 Å².